The van der Waals surface area contributed by atoms with Crippen molar-refractivity contribution in [2.75, 3.05) is 5.32 Å². The number of aromatic nitrogens is 2. The van der Waals surface area contributed by atoms with E-state index < -0.39 is 24.2 Å². The first-order valence-electron chi connectivity index (χ1n) is 9.31. The van der Waals surface area contributed by atoms with Gasteiger partial charge in [-0.2, -0.15) is 18.3 Å². The summed E-state index contributed by atoms with van der Waals surface area (Å²) in [4.78, 5) is 12.5. The third kappa shape index (κ3) is 4.28. The topological polar surface area (TPSA) is 59.0 Å². The van der Waals surface area contributed by atoms with E-state index >= 15 is 0 Å². The molecule has 9 heteroatoms. The second kappa shape index (κ2) is 8.02. The third-order valence-corrected chi connectivity index (χ3v) is 5.24. The molecule has 0 aliphatic carbocycles. The van der Waals surface area contributed by atoms with Crippen LogP contribution in [0.25, 0.3) is 0 Å². The summed E-state index contributed by atoms with van der Waals surface area (Å²) in [5.41, 5.74) is 1.49. The Bertz CT molecular complexity index is 1030. The third-order valence-electron chi connectivity index (χ3n) is 4.99. The molecule has 2 atom stereocenters. The summed E-state index contributed by atoms with van der Waals surface area (Å²) < 4.78 is 42.1. The Morgan fingerprint density at radius 1 is 1.17 bits per heavy atom. The van der Waals surface area contributed by atoms with Crippen LogP contribution in [0.3, 0.4) is 0 Å². The van der Waals surface area contributed by atoms with Crippen molar-refractivity contribution in [1.82, 2.24) is 15.1 Å². The summed E-state index contributed by atoms with van der Waals surface area (Å²) in [5.74, 6) is -0.389. The molecule has 1 amide bonds. The average molecular weight is 435 g/mol. The van der Waals surface area contributed by atoms with Crippen molar-refractivity contribution in [3.63, 3.8) is 0 Å². The highest BCUT2D eigenvalue weighted by molar-refractivity contribution is 6.30. The van der Waals surface area contributed by atoms with Gasteiger partial charge < -0.3 is 10.6 Å². The molecule has 0 saturated carbocycles. The van der Waals surface area contributed by atoms with Gasteiger partial charge in [0.2, 0.25) is 0 Å². The van der Waals surface area contributed by atoms with Crippen molar-refractivity contribution in [2.45, 2.75) is 31.2 Å². The molecule has 30 heavy (non-hydrogen) atoms. The number of amides is 1. The first-order chi connectivity index (χ1) is 14.3. The Morgan fingerprint density at radius 3 is 2.53 bits per heavy atom. The van der Waals surface area contributed by atoms with Crippen molar-refractivity contribution in [3.05, 3.63) is 82.5 Å². The fraction of sp³-hybridized carbons (Fsp3) is 0.238. The number of hydrogen-bond donors (Lipinski definition) is 2. The van der Waals surface area contributed by atoms with Gasteiger partial charge in [0.1, 0.15) is 5.82 Å². The van der Waals surface area contributed by atoms with E-state index in [9.17, 15) is 18.0 Å². The van der Waals surface area contributed by atoms with Crippen molar-refractivity contribution < 1.29 is 18.0 Å². The predicted molar refractivity (Wildman–Crippen MR) is 107 cm³/mol. The van der Waals surface area contributed by atoms with Crippen molar-refractivity contribution >= 4 is 23.3 Å². The molecule has 3 aromatic rings. The first kappa shape index (κ1) is 20.3. The van der Waals surface area contributed by atoms with Crippen LogP contribution in [0.4, 0.5) is 19.0 Å². The van der Waals surface area contributed by atoms with Crippen LogP contribution in [0.5, 0.6) is 0 Å². The lowest BCUT2D eigenvalue weighted by Gasteiger charge is -2.33. The van der Waals surface area contributed by atoms with Gasteiger partial charge in [-0.25, -0.2) is 4.68 Å². The van der Waals surface area contributed by atoms with Crippen LogP contribution < -0.4 is 10.6 Å². The number of anilines is 1. The lowest BCUT2D eigenvalue weighted by molar-refractivity contribution is -0.173. The largest absolute Gasteiger partial charge is 0.410 e. The van der Waals surface area contributed by atoms with Crippen molar-refractivity contribution in [1.29, 1.82) is 0 Å². The van der Waals surface area contributed by atoms with E-state index in [1.807, 2.05) is 30.3 Å². The van der Waals surface area contributed by atoms with Crippen LogP contribution >= 0.6 is 11.6 Å². The van der Waals surface area contributed by atoms with Crippen molar-refractivity contribution in [2.24, 2.45) is 0 Å². The van der Waals surface area contributed by atoms with Crippen LogP contribution in [0, 0.1) is 0 Å². The normalized spacial score (nSPS) is 18.4. The minimum absolute atomic E-state index is 0.0700. The minimum Gasteiger partial charge on any atom is -0.363 e. The number of alkyl halides is 3. The number of fused-ring (bicyclic) bond motifs is 1. The van der Waals surface area contributed by atoms with Crippen LogP contribution in [0.15, 0.2) is 60.7 Å². The Kier molecular flexibility index (Phi) is 5.42. The molecule has 156 valence electrons. The molecule has 4 rings (SSSR count). The molecule has 2 aromatic carbocycles. The molecular formula is C21H18ClF3N4O. The number of halogens is 4. The highest BCUT2D eigenvalue weighted by Crippen LogP contribution is 2.43. The zero-order valence-electron chi connectivity index (χ0n) is 15.7. The van der Waals surface area contributed by atoms with E-state index in [4.69, 9.17) is 11.6 Å². The Morgan fingerprint density at radius 2 is 1.87 bits per heavy atom. The lowest BCUT2D eigenvalue weighted by atomic mass is 9.97. The molecule has 2 N–H and O–H groups in total. The molecule has 1 aliphatic heterocycles. The van der Waals surface area contributed by atoms with Gasteiger partial charge in [-0.3, -0.25) is 4.79 Å². The molecule has 5 nitrogen and oxygen atoms in total. The van der Waals surface area contributed by atoms with Gasteiger partial charge in [-0.05, 0) is 23.3 Å². The summed E-state index contributed by atoms with van der Waals surface area (Å²) in [6, 6.07) is 14.8. The lowest BCUT2D eigenvalue weighted by Crippen LogP contribution is -2.35. The minimum atomic E-state index is -4.51. The van der Waals surface area contributed by atoms with Crippen LogP contribution in [0.1, 0.15) is 40.1 Å². The first-order valence-corrected chi connectivity index (χ1v) is 9.69. The standard InChI is InChI=1S/C21H18ClF3N4O/c22-15-8-6-14(7-9-15)16-10-18(21(23,24)25)29-19(27-16)11-17(28-29)20(30)26-12-13-4-2-1-3-5-13/h1-9,11,16,18,27H,10,12H2,(H,26,30)/t16-,18+/m0/s1. The quantitative estimate of drug-likeness (QED) is 0.598. The van der Waals surface area contributed by atoms with E-state index in [0.29, 0.717) is 10.6 Å². The number of rotatable bonds is 4. The molecule has 0 unspecified atom stereocenters. The van der Waals surface area contributed by atoms with E-state index in [2.05, 4.69) is 15.7 Å². The smallest absolute Gasteiger partial charge is 0.363 e. The Hall–Kier alpha value is -3.00. The second-order valence-electron chi connectivity index (χ2n) is 7.07. The summed E-state index contributed by atoms with van der Waals surface area (Å²) in [6.45, 7) is 0.255. The van der Waals surface area contributed by atoms with E-state index in [1.54, 1.807) is 24.3 Å². The number of nitrogens with zero attached hydrogens (tertiary/aromatic N) is 2. The predicted octanol–water partition coefficient (Wildman–Crippen LogP) is 5.13. The monoisotopic (exact) mass is 434 g/mol. The molecule has 1 aliphatic rings. The number of carbonyl (C=O) groups is 1. The van der Waals surface area contributed by atoms with Gasteiger partial charge in [0.15, 0.2) is 11.7 Å². The number of nitrogens with one attached hydrogen (secondary N) is 2. The molecule has 0 saturated heterocycles. The van der Waals surface area contributed by atoms with Gasteiger partial charge in [-0.1, -0.05) is 54.1 Å². The van der Waals surface area contributed by atoms with Crippen LogP contribution in [-0.2, 0) is 6.54 Å². The summed E-state index contributed by atoms with van der Waals surface area (Å²) in [6.07, 6.45) is -4.75. The summed E-state index contributed by atoms with van der Waals surface area (Å²) >= 11 is 5.89. The average Bonchev–Trinajstić information content (AvgIpc) is 3.16. The molecular weight excluding hydrogens is 417 g/mol. The SMILES string of the molecule is O=C(NCc1ccccc1)c1cc2n(n1)[C@@H](C(F)(F)F)C[C@@H](c1ccc(Cl)cc1)N2. The molecule has 1 aromatic heterocycles. The van der Waals surface area contributed by atoms with Gasteiger partial charge in [-0.15, -0.1) is 0 Å². The van der Waals surface area contributed by atoms with Gasteiger partial charge in [0, 0.05) is 24.1 Å². The van der Waals surface area contributed by atoms with Crippen LogP contribution in [0.2, 0.25) is 5.02 Å². The summed E-state index contributed by atoms with van der Waals surface area (Å²) in [7, 11) is 0. The zero-order chi connectivity index (χ0) is 21.3. The maximum Gasteiger partial charge on any atom is 0.410 e. The van der Waals surface area contributed by atoms with Gasteiger partial charge in [0.25, 0.3) is 5.91 Å². The van der Waals surface area contributed by atoms with E-state index in [0.717, 1.165) is 10.2 Å². The van der Waals surface area contributed by atoms with Crippen molar-refractivity contribution in [3.8, 4) is 0 Å². The Balaban J connectivity index is 1.58. The molecule has 0 bridgehead atoms. The molecule has 0 radical (unpaired) electrons. The fourth-order valence-electron chi connectivity index (χ4n) is 3.47. The molecule has 2 heterocycles. The summed E-state index contributed by atoms with van der Waals surface area (Å²) in [5, 5.41) is 10.2. The number of carbonyl (C=O) groups excluding carboxylic acids is 1. The highest BCUT2D eigenvalue weighted by Gasteiger charge is 2.46. The van der Waals surface area contributed by atoms with E-state index in [-0.39, 0.29) is 24.5 Å². The molecule has 0 fully saturated rings. The maximum atomic E-state index is 13.7. The number of hydrogen-bond acceptors (Lipinski definition) is 3. The zero-order valence-corrected chi connectivity index (χ0v) is 16.4. The van der Waals surface area contributed by atoms with E-state index in [1.165, 1.54) is 6.07 Å². The fourth-order valence-corrected chi connectivity index (χ4v) is 3.59. The van der Waals surface area contributed by atoms with Gasteiger partial charge >= 0.3 is 6.18 Å². The highest BCUT2D eigenvalue weighted by atomic mass is 35.5. The Labute approximate surface area is 175 Å². The molecule has 0 spiro atoms. The van der Waals surface area contributed by atoms with Crippen LogP contribution in [-0.4, -0.2) is 21.9 Å². The van der Waals surface area contributed by atoms with Gasteiger partial charge in [0.05, 0.1) is 6.04 Å². The second-order valence-corrected chi connectivity index (χ2v) is 7.51. The number of benzene rings is 2. The maximum absolute atomic E-state index is 13.7.